The summed E-state index contributed by atoms with van der Waals surface area (Å²) < 4.78 is 27.6. The molecule has 1 aromatic heterocycles. The Morgan fingerprint density at radius 3 is 2.67 bits per heavy atom. The number of anilines is 1. The molecule has 1 aromatic rings. The Bertz CT molecular complexity index is 656. The van der Waals surface area contributed by atoms with Gasteiger partial charge in [-0.3, -0.25) is 0 Å². The lowest BCUT2D eigenvalue weighted by atomic mass is 9.85. The van der Waals surface area contributed by atoms with Crippen LogP contribution in [0.2, 0.25) is 0 Å². The fourth-order valence-corrected chi connectivity index (χ4v) is 5.52. The smallest absolute Gasteiger partial charge is 0.275 e. The molecule has 1 saturated carbocycles. The molecule has 0 bridgehead atoms. The van der Waals surface area contributed by atoms with E-state index < -0.39 is 10.0 Å². The van der Waals surface area contributed by atoms with E-state index in [9.17, 15) is 8.42 Å². The highest BCUT2D eigenvalue weighted by molar-refractivity contribution is 7.92. The second kappa shape index (κ2) is 5.61. The summed E-state index contributed by atoms with van der Waals surface area (Å²) in [6.45, 7) is 3.85. The zero-order valence-electron chi connectivity index (χ0n) is 12.3. The third-order valence-corrected chi connectivity index (χ3v) is 6.83. The highest BCUT2D eigenvalue weighted by Crippen LogP contribution is 2.43. The zero-order chi connectivity index (χ0) is 15.0. The average molecular weight is 327 g/mol. The molecule has 0 aromatic carbocycles. The van der Waals surface area contributed by atoms with E-state index in [0.29, 0.717) is 16.1 Å². The van der Waals surface area contributed by atoms with Crippen molar-refractivity contribution in [1.29, 1.82) is 0 Å². The Labute approximate surface area is 129 Å². The van der Waals surface area contributed by atoms with Crippen LogP contribution in [0.25, 0.3) is 0 Å². The first-order chi connectivity index (χ1) is 9.97. The first-order valence-corrected chi connectivity index (χ1v) is 9.82. The largest absolute Gasteiger partial charge is 0.323 e. The van der Waals surface area contributed by atoms with Gasteiger partial charge in [0.05, 0.1) is 5.69 Å². The highest BCUT2D eigenvalue weighted by Gasteiger charge is 2.33. The SMILES string of the molecule is CC(C)N=C1Nc2c(C3CCCCC3)csc2S(=O)(=O)N1. The molecule has 21 heavy (non-hydrogen) atoms. The summed E-state index contributed by atoms with van der Waals surface area (Å²) in [4.78, 5) is 4.32. The van der Waals surface area contributed by atoms with E-state index in [2.05, 4.69) is 15.0 Å². The molecule has 116 valence electrons. The van der Waals surface area contributed by atoms with Crippen molar-refractivity contribution in [2.24, 2.45) is 4.99 Å². The van der Waals surface area contributed by atoms with Gasteiger partial charge < -0.3 is 5.32 Å². The van der Waals surface area contributed by atoms with Crippen molar-refractivity contribution in [1.82, 2.24) is 4.72 Å². The molecule has 0 atom stereocenters. The van der Waals surface area contributed by atoms with Gasteiger partial charge >= 0.3 is 0 Å². The van der Waals surface area contributed by atoms with E-state index in [1.54, 1.807) is 0 Å². The van der Waals surface area contributed by atoms with Crippen molar-refractivity contribution in [2.75, 3.05) is 5.32 Å². The van der Waals surface area contributed by atoms with Crippen LogP contribution in [0.5, 0.6) is 0 Å². The van der Waals surface area contributed by atoms with Gasteiger partial charge in [0.1, 0.15) is 0 Å². The maximum absolute atomic E-state index is 12.3. The van der Waals surface area contributed by atoms with E-state index in [1.165, 1.54) is 30.6 Å². The van der Waals surface area contributed by atoms with Gasteiger partial charge in [-0.25, -0.2) is 18.1 Å². The summed E-state index contributed by atoms with van der Waals surface area (Å²) in [5.41, 5.74) is 1.90. The Morgan fingerprint density at radius 2 is 2.00 bits per heavy atom. The molecule has 1 aliphatic carbocycles. The lowest BCUT2D eigenvalue weighted by Crippen LogP contribution is -2.40. The van der Waals surface area contributed by atoms with Crippen LogP contribution in [-0.4, -0.2) is 20.4 Å². The Hall–Kier alpha value is -1.08. The van der Waals surface area contributed by atoms with E-state index in [0.717, 1.165) is 24.1 Å². The lowest BCUT2D eigenvalue weighted by Gasteiger charge is -2.25. The molecule has 2 N–H and O–H groups in total. The molecule has 2 aliphatic rings. The number of aliphatic imine (C=N–C) groups is 1. The van der Waals surface area contributed by atoms with Gasteiger partial charge in [0.15, 0.2) is 4.21 Å². The van der Waals surface area contributed by atoms with E-state index in [-0.39, 0.29) is 6.04 Å². The standard InChI is InChI=1S/C14H21N3O2S2/c1-9(2)15-14-16-12-11(10-6-4-3-5-7-10)8-20-13(12)21(18,19)17-14/h8-10H,3-7H2,1-2H3,(H2,15,16,17). The van der Waals surface area contributed by atoms with E-state index in [1.807, 2.05) is 19.2 Å². The first kappa shape index (κ1) is 14.8. The molecule has 1 fully saturated rings. The minimum Gasteiger partial charge on any atom is -0.323 e. The summed E-state index contributed by atoms with van der Waals surface area (Å²) in [5.74, 6) is 0.813. The number of nitrogens with zero attached hydrogens (tertiary/aromatic N) is 1. The van der Waals surface area contributed by atoms with Gasteiger partial charge in [-0.2, -0.15) is 0 Å². The van der Waals surface area contributed by atoms with Crippen molar-refractivity contribution in [3.8, 4) is 0 Å². The summed E-state index contributed by atoms with van der Waals surface area (Å²) in [6.07, 6.45) is 6.04. The molecule has 5 nitrogen and oxygen atoms in total. The van der Waals surface area contributed by atoms with Crippen LogP contribution in [-0.2, 0) is 10.0 Å². The number of fused-ring (bicyclic) bond motifs is 1. The molecular formula is C14H21N3O2S2. The number of rotatable bonds is 2. The Morgan fingerprint density at radius 1 is 1.29 bits per heavy atom. The number of sulfonamides is 1. The van der Waals surface area contributed by atoms with E-state index >= 15 is 0 Å². The fourth-order valence-electron chi connectivity index (χ4n) is 3.02. The summed E-state index contributed by atoms with van der Waals surface area (Å²) >= 11 is 1.31. The van der Waals surface area contributed by atoms with Crippen molar-refractivity contribution in [3.05, 3.63) is 10.9 Å². The van der Waals surface area contributed by atoms with Crippen LogP contribution < -0.4 is 10.0 Å². The molecule has 7 heteroatoms. The third-order valence-electron chi connectivity index (χ3n) is 3.94. The Kier molecular flexibility index (Phi) is 3.96. The molecule has 2 heterocycles. The molecule has 0 unspecified atom stereocenters. The molecule has 0 radical (unpaired) electrons. The number of hydrogen-bond donors (Lipinski definition) is 2. The molecule has 0 spiro atoms. The fraction of sp³-hybridized carbons (Fsp3) is 0.643. The zero-order valence-corrected chi connectivity index (χ0v) is 14.0. The number of hydrogen-bond acceptors (Lipinski definition) is 4. The second-order valence-corrected chi connectivity index (χ2v) is 8.75. The first-order valence-electron chi connectivity index (χ1n) is 7.46. The molecule has 0 saturated heterocycles. The molecule has 3 rings (SSSR count). The van der Waals surface area contributed by atoms with Crippen LogP contribution in [0.4, 0.5) is 5.69 Å². The van der Waals surface area contributed by atoms with E-state index in [4.69, 9.17) is 0 Å². The third kappa shape index (κ3) is 2.94. The second-order valence-electron chi connectivity index (χ2n) is 5.99. The number of nitrogens with one attached hydrogen (secondary N) is 2. The van der Waals surface area contributed by atoms with Crippen molar-refractivity contribution in [3.63, 3.8) is 0 Å². The predicted octanol–water partition coefficient (Wildman–Crippen LogP) is 3.26. The van der Waals surface area contributed by atoms with Crippen molar-refractivity contribution < 1.29 is 8.42 Å². The maximum atomic E-state index is 12.3. The minimum atomic E-state index is -3.48. The monoisotopic (exact) mass is 327 g/mol. The lowest BCUT2D eigenvalue weighted by molar-refractivity contribution is 0.445. The maximum Gasteiger partial charge on any atom is 0.275 e. The molecule has 1 aliphatic heterocycles. The topological polar surface area (TPSA) is 70.6 Å². The van der Waals surface area contributed by atoms with Crippen LogP contribution in [0.1, 0.15) is 57.4 Å². The summed E-state index contributed by atoms with van der Waals surface area (Å²) in [7, 11) is -3.48. The van der Waals surface area contributed by atoms with Crippen LogP contribution in [0.3, 0.4) is 0 Å². The quantitative estimate of drug-likeness (QED) is 0.876. The van der Waals surface area contributed by atoms with Crippen LogP contribution in [0.15, 0.2) is 14.6 Å². The van der Waals surface area contributed by atoms with Crippen LogP contribution >= 0.6 is 11.3 Å². The average Bonchev–Trinajstić information content (AvgIpc) is 2.83. The van der Waals surface area contributed by atoms with Crippen molar-refractivity contribution in [2.45, 2.75) is 62.1 Å². The van der Waals surface area contributed by atoms with Gasteiger partial charge in [-0.15, -0.1) is 11.3 Å². The summed E-state index contributed by atoms with van der Waals surface area (Å²) in [6, 6.07) is 0.0357. The van der Waals surface area contributed by atoms with Gasteiger partial charge in [-0.05, 0) is 43.6 Å². The predicted molar refractivity (Wildman–Crippen MR) is 86.7 cm³/mol. The minimum absolute atomic E-state index is 0.0357. The van der Waals surface area contributed by atoms with Gasteiger partial charge in [0.2, 0.25) is 5.96 Å². The van der Waals surface area contributed by atoms with Gasteiger partial charge in [-0.1, -0.05) is 19.3 Å². The normalized spacial score (nSPS) is 23.7. The van der Waals surface area contributed by atoms with Crippen molar-refractivity contribution >= 4 is 33.0 Å². The Balaban J connectivity index is 2.00. The van der Waals surface area contributed by atoms with Crippen LogP contribution in [0, 0.1) is 0 Å². The molecule has 0 amide bonds. The van der Waals surface area contributed by atoms with Gasteiger partial charge in [0, 0.05) is 6.04 Å². The number of guanidine groups is 1. The highest BCUT2D eigenvalue weighted by atomic mass is 32.2. The number of thiophene rings is 1. The molecular weight excluding hydrogens is 306 g/mol. The van der Waals surface area contributed by atoms with Gasteiger partial charge in [0.25, 0.3) is 10.0 Å². The summed E-state index contributed by atoms with van der Waals surface area (Å²) in [5, 5.41) is 5.21.